The van der Waals surface area contributed by atoms with Crippen molar-refractivity contribution in [2.24, 2.45) is 7.05 Å². The topological polar surface area (TPSA) is 87.4 Å². The normalized spacial score (nSPS) is 11.8. The fourth-order valence-electron chi connectivity index (χ4n) is 5.54. The van der Waals surface area contributed by atoms with Gasteiger partial charge in [-0.25, -0.2) is 17.4 Å². The maximum Gasteiger partial charge on any atom is 0.269 e. The maximum absolute atomic E-state index is 14.4. The summed E-state index contributed by atoms with van der Waals surface area (Å²) in [6.07, 6.45) is 4.51. The van der Waals surface area contributed by atoms with Gasteiger partial charge in [-0.1, -0.05) is 48.0 Å². The van der Waals surface area contributed by atoms with Crippen molar-refractivity contribution < 1.29 is 17.9 Å². The van der Waals surface area contributed by atoms with Crippen molar-refractivity contribution >= 4 is 32.0 Å². The van der Waals surface area contributed by atoms with Crippen LogP contribution in [-0.4, -0.2) is 42.7 Å². The zero-order valence-corrected chi connectivity index (χ0v) is 25.5. The molecule has 0 fully saturated rings. The fourth-order valence-corrected chi connectivity index (χ4v) is 7.02. The van der Waals surface area contributed by atoms with E-state index in [-0.39, 0.29) is 4.90 Å². The standard InChI is InChI=1S/C34H34N4O4S/c1-23-10-12-26(13-11-23)43(39,40)38-31(29-22-37(2)30-20-33(42-4)32(41-3)19-28(29)30)18-27-25(15-17-36-34(27)38)21-35-16-14-24-8-6-5-7-9-24/h5-13,15,17-20,22,35H,14,16,21H2,1-4H3. The molecule has 3 aromatic heterocycles. The number of aryl methyl sites for hydroxylation is 2. The molecule has 8 nitrogen and oxygen atoms in total. The van der Waals surface area contributed by atoms with E-state index in [1.54, 1.807) is 32.5 Å². The Bertz CT molecular complexity index is 2030. The van der Waals surface area contributed by atoms with Crippen LogP contribution in [0.1, 0.15) is 16.7 Å². The van der Waals surface area contributed by atoms with Crippen LogP contribution in [0.15, 0.2) is 96.2 Å². The Kier molecular flexibility index (Phi) is 7.68. The van der Waals surface area contributed by atoms with Gasteiger partial charge >= 0.3 is 0 Å². The third kappa shape index (κ3) is 5.26. The number of hydrogen-bond acceptors (Lipinski definition) is 6. The van der Waals surface area contributed by atoms with E-state index in [9.17, 15) is 8.42 Å². The monoisotopic (exact) mass is 594 g/mol. The van der Waals surface area contributed by atoms with E-state index in [1.165, 1.54) is 9.54 Å². The van der Waals surface area contributed by atoms with Crippen LogP contribution < -0.4 is 14.8 Å². The molecule has 0 bridgehead atoms. The summed E-state index contributed by atoms with van der Waals surface area (Å²) in [7, 11) is 1.10. The number of methoxy groups -OCH3 is 2. The van der Waals surface area contributed by atoms with Crippen LogP contribution in [0.5, 0.6) is 11.5 Å². The molecule has 0 aliphatic heterocycles. The number of aromatic nitrogens is 3. The van der Waals surface area contributed by atoms with Crippen LogP contribution in [0.4, 0.5) is 0 Å². The molecule has 0 atom stereocenters. The summed E-state index contributed by atoms with van der Waals surface area (Å²) in [6.45, 7) is 3.29. The highest BCUT2D eigenvalue weighted by Gasteiger charge is 2.28. The Balaban J connectivity index is 1.51. The van der Waals surface area contributed by atoms with E-state index in [1.807, 2.05) is 79.3 Å². The van der Waals surface area contributed by atoms with Gasteiger partial charge in [0, 0.05) is 48.4 Å². The number of nitrogens with zero attached hydrogens (tertiary/aromatic N) is 3. The number of hydrogen-bond donors (Lipinski definition) is 1. The molecule has 0 spiro atoms. The minimum absolute atomic E-state index is 0.199. The van der Waals surface area contributed by atoms with Crippen molar-refractivity contribution in [1.82, 2.24) is 18.8 Å². The lowest BCUT2D eigenvalue weighted by molar-refractivity contribution is 0.355. The second-order valence-corrected chi connectivity index (χ2v) is 12.4. The van der Waals surface area contributed by atoms with E-state index >= 15 is 0 Å². The summed E-state index contributed by atoms with van der Waals surface area (Å²) in [5.74, 6) is 1.16. The molecule has 0 aliphatic rings. The van der Waals surface area contributed by atoms with E-state index in [0.29, 0.717) is 29.4 Å². The average Bonchev–Trinajstić information content (AvgIpc) is 3.57. The number of ether oxygens (including phenoxy) is 2. The van der Waals surface area contributed by atoms with Crippen LogP contribution in [0.3, 0.4) is 0 Å². The van der Waals surface area contributed by atoms with Crippen molar-refractivity contribution in [1.29, 1.82) is 0 Å². The lowest BCUT2D eigenvalue weighted by atomic mass is 10.1. The van der Waals surface area contributed by atoms with Gasteiger partial charge in [-0.3, -0.25) is 0 Å². The first-order valence-electron chi connectivity index (χ1n) is 14.1. The molecule has 3 aromatic carbocycles. The third-order valence-corrected chi connectivity index (χ3v) is 9.55. The predicted octanol–water partition coefficient (Wildman–Crippen LogP) is 6.09. The SMILES string of the molecule is COc1cc2c(-c3cc4c(CNCCc5ccccc5)ccnc4n3S(=O)(=O)c3ccc(C)cc3)cn(C)c2cc1OC. The first-order chi connectivity index (χ1) is 20.8. The Morgan fingerprint density at radius 1 is 0.884 bits per heavy atom. The van der Waals surface area contributed by atoms with Gasteiger partial charge in [0.25, 0.3) is 10.0 Å². The molecule has 43 heavy (non-hydrogen) atoms. The highest BCUT2D eigenvalue weighted by Crippen LogP contribution is 2.41. The van der Waals surface area contributed by atoms with Crippen LogP contribution in [0.2, 0.25) is 0 Å². The Labute approximate surface area is 251 Å². The van der Waals surface area contributed by atoms with Crippen LogP contribution in [-0.2, 0) is 30.0 Å². The Morgan fingerprint density at radius 2 is 1.60 bits per heavy atom. The number of benzene rings is 3. The van der Waals surface area contributed by atoms with Crippen molar-refractivity contribution in [3.8, 4) is 22.8 Å². The van der Waals surface area contributed by atoms with Crippen LogP contribution in [0.25, 0.3) is 33.2 Å². The smallest absolute Gasteiger partial charge is 0.269 e. The molecule has 0 saturated heterocycles. The zero-order chi connectivity index (χ0) is 30.1. The molecule has 0 saturated carbocycles. The van der Waals surface area contributed by atoms with Crippen molar-refractivity contribution in [2.45, 2.75) is 24.8 Å². The summed E-state index contributed by atoms with van der Waals surface area (Å²) in [5.41, 5.74) is 5.75. The molecule has 3 heterocycles. The summed E-state index contributed by atoms with van der Waals surface area (Å²) in [5, 5.41) is 5.14. The maximum atomic E-state index is 14.4. The largest absolute Gasteiger partial charge is 0.493 e. The highest BCUT2D eigenvalue weighted by molar-refractivity contribution is 7.90. The van der Waals surface area contributed by atoms with E-state index in [2.05, 4.69) is 22.4 Å². The van der Waals surface area contributed by atoms with Gasteiger partial charge in [0.2, 0.25) is 0 Å². The zero-order valence-electron chi connectivity index (χ0n) is 24.7. The molecule has 0 radical (unpaired) electrons. The lowest BCUT2D eigenvalue weighted by Crippen LogP contribution is -2.17. The minimum Gasteiger partial charge on any atom is -0.493 e. The number of fused-ring (bicyclic) bond motifs is 2. The fraction of sp³-hybridized carbons (Fsp3) is 0.206. The highest BCUT2D eigenvalue weighted by atomic mass is 32.2. The van der Waals surface area contributed by atoms with Gasteiger partial charge in [-0.2, -0.15) is 0 Å². The van der Waals surface area contributed by atoms with Crippen molar-refractivity contribution in [2.75, 3.05) is 20.8 Å². The molecular formula is C34H34N4O4S. The van der Waals surface area contributed by atoms with Crippen LogP contribution in [0, 0.1) is 6.92 Å². The van der Waals surface area contributed by atoms with Crippen molar-refractivity contribution in [3.05, 3.63) is 108 Å². The third-order valence-electron chi connectivity index (χ3n) is 7.83. The van der Waals surface area contributed by atoms with Crippen LogP contribution >= 0.6 is 0 Å². The first-order valence-corrected chi connectivity index (χ1v) is 15.5. The lowest BCUT2D eigenvalue weighted by Gasteiger charge is -2.12. The molecule has 0 unspecified atom stereocenters. The van der Waals surface area contributed by atoms with E-state index in [4.69, 9.17) is 9.47 Å². The molecule has 1 N–H and O–H groups in total. The quantitative estimate of drug-likeness (QED) is 0.193. The molecular weight excluding hydrogens is 560 g/mol. The van der Waals surface area contributed by atoms with Gasteiger partial charge < -0.3 is 19.4 Å². The predicted molar refractivity (Wildman–Crippen MR) is 170 cm³/mol. The van der Waals surface area contributed by atoms with Gasteiger partial charge in [0.1, 0.15) is 0 Å². The second-order valence-electron chi connectivity index (χ2n) is 10.6. The molecule has 6 rings (SSSR count). The number of nitrogens with one attached hydrogen (secondary N) is 1. The first kappa shape index (κ1) is 28.5. The van der Waals surface area contributed by atoms with Crippen molar-refractivity contribution in [3.63, 3.8) is 0 Å². The van der Waals surface area contributed by atoms with E-state index < -0.39 is 10.0 Å². The summed E-state index contributed by atoms with van der Waals surface area (Å²) in [6, 6.07) is 24.9. The molecule has 0 aliphatic carbocycles. The number of pyridine rings is 1. The number of rotatable bonds is 10. The molecule has 220 valence electrons. The second kappa shape index (κ2) is 11.6. The molecule has 9 heteroatoms. The molecule has 6 aromatic rings. The van der Waals surface area contributed by atoms with Gasteiger partial charge in [0.15, 0.2) is 17.1 Å². The van der Waals surface area contributed by atoms with Gasteiger partial charge in [0.05, 0.1) is 30.3 Å². The van der Waals surface area contributed by atoms with Gasteiger partial charge in [-0.05, 0) is 61.3 Å². The summed E-state index contributed by atoms with van der Waals surface area (Å²) < 4.78 is 43.2. The van der Waals surface area contributed by atoms with Gasteiger partial charge in [-0.15, -0.1) is 0 Å². The Hall–Kier alpha value is -4.60. The minimum atomic E-state index is -4.02. The Morgan fingerprint density at radius 3 is 2.33 bits per heavy atom. The van der Waals surface area contributed by atoms with E-state index in [0.717, 1.165) is 45.9 Å². The average molecular weight is 595 g/mol. The summed E-state index contributed by atoms with van der Waals surface area (Å²) >= 11 is 0. The summed E-state index contributed by atoms with van der Waals surface area (Å²) in [4.78, 5) is 4.82. The molecule has 0 amide bonds.